The molecular weight excluding hydrogens is 228 g/mol. The van der Waals surface area contributed by atoms with Crippen molar-refractivity contribution in [2.45, 2.75) is 12.5 Å². The molecule has 0 aromatic carbocycles. The maximum absolute atomic E-state index is 11.3. The maximum atomic E-state index is 11.3. The zero-order valence-corrected chi connectivity index (χ0v) is 9.68. The predicted octanol–water partition coefficient (Wildman–Crippen LogP) is -0.0388. The van der Waals surface area contributed by atoms with Gasteiger partial charge in [0.1, 0.15) is 6.07 Å². The Morgan fingerprint density at radius 1 is 1.62 bits per heavy atom. The molecule has 6 nitrogen and oxygen atoms in total. The van der Waals surface area contributed by atoms with Gasteiger partial charge in [0, 0.05) is 19.3 Å². The summed E-state index contributed by atoms with van der Waals surface area (Å²) in [6.07, 6.45) is 5.08. The third kappa shape index (κ3) is 2.08. The van der Waals surface area contributed by atoms with Crippen molar-refractivity contribution in [3.8, 4) is 6.07 Å². The van der Waals surface area contributed by atoms with E-state index in [2.05, 4.69) is 5.10 Å². The number of hydrogen-bond acceptors (Lipinski definition) is 4. The molecule has 1 aliphatic rings. The van der Waals surface area contributed by atoms with Gasteiger partial charge in [-0.1, -0.05) is 0 Å². The van der Waals surface area contributed by atoms with Gasteiger partial charge in [0.25, 0.3) is 0 Å². The summed E-state index contributed by atoms with van der Waals surface area (Å²) in [6, 6.07) is 2.04. The van der Waals surface area contributed by atoms with Crippen LogP contribution in [0.2, 0.25) is 0 Å². The SMILES string of the molecule is CS(=O)(=O)N1CCC(n2cc(C#N)cn2)C1. The number of aromatic nitrogens is 2. The third-order valence-corrected chi connectivity index (χ3v) is 3.97. The summed E-state index contributed by atoms with van der Waals surface area (Å²) in [5, 5.41) is 12.7. The van der Waals surface area contributed by atoms with Gasteiger partial charge >= 0.3 is 0 Å². The number of nitrogens with zero attached hydrogens (tertiary/aromatic N) is 4. The number of hydrogen-bond donors (Lipinski definition) is 0. The van der Waals surface area contributed by atoms with Gasteiger partial charge in [-0.25, -0.2) is 8.42 Å². The van der Waals surface area contributed by atoms with Crippen molar-refractivity contribution < 1.29 is 8.42 Å². The minimum atomic E-state index is -3.12. The van der Waals surface area contributed by atoms with Crippen LogP contribution in [0.15, 0.2) is 12.4 Å². The minimum Gasteiger partial charge on any atom is -0.267 e. The minimum absolute atomic E-state index is 0.0387. The molecule has 0 radical (unpaired) electrons. The fraction of sp³-hybridized carbons (Fsp3) is 0.556. The Morgan fingerprint density at radius 3 is 2.88 bits per heavy atom. The van der Waals surface area contributed by atoms with Crippen LogP contribution in [0.5, 0.6) is 0 Å². The largest absolute Gasteiger partial charge is 0.267 e. The fourth-order valence-corrected chi connectivity index (χ4v) is 2.70. The van der Waals surface area contributed by atoms with Gasteiger partial charge in [-0.15, -0.1) is 0 Å². The van der Waals surface area contributed by atoms with E-state index in [9.17, 15) is 8.42 Å². The fourth-order valence-electron chi connectivity index (χ4n) is 1.82. The van der Waals surface area contributed by atoms with Crippen molar-refractivity contribution in [1.82, 2.24) is 14.1 Å². The highest BCUT2D eigenvalue weighted by Gasteiger charge is 2.29. The molecule has 1 saturated heterocycles. The predicted molar refractivity (Wildman–Crippen MR) is 57.0 cm³/mol. The number of sulfonamides is 1. The van der Waals surface area contributed by atoms with Gasteiger partial charge in [0.2, 0.25) is 10.0 Å². The van der Waals surface area contributed by atoms with E-state index in [-0.39, 0.29) is 6.04 Å². The van der Waals surface area contributed by atoms with Crippen LogP contribution in [-0.2, 0) is 10.0 Å². The van der Waals surface area contributed by atoms with Crippen LogP contribution in [-0.4, -0.2) is 41.8 Å². The lowest BCUT2D eigenvalue weighted by molar-refractivity contribution is 0.437. The molecular formula is C9H12N4O2S. The van der Waals surface area contributed by atoms with E-state index >= 15 is 0 Å². The Labute approximate surface area is 94.1 Å². The molecule has 1 aromatic heterocycles. The first-order chi connectivity index (χ1) is 7.50. The lowest BCUT2D eigenvalue weighted by atomic mass is 10.3. The molecule has 0 amide bonds. The monoisotopic (exact) mass is 240 g/mol. The van der Waals surface area contributed by atoms with Crippen molar-refractivity contribution in [2.75, 3.05) is 19.3 Å². The summed E-state index contributed by atoms with van der Waals surface area (Å²) in [4.78, 5) is 0. The first-order valence-corrected chi connectivity index (χ1v) is 6.75. The van der Waals surface area contributed by atoms with Crippen molar-refractivity contribution in [3.63, 3.8) is 0 Å². The first kappa shape index (κ1) is 11.1. The van der Waals surface area contributed by atoms with E-state index in [0.717, 1.165) is 6.42 Å². The van der Waals surface area contributed by atoms with Gasteiger partial charge < -0.3 is 0 Å². The van der Waals surface area contributed by atoms with E-state index in [0.29, 0.717) is 18.7 Å². The summed E-state index contributed by atoms with van der Waals surface area (Å²) >= 11 is 0. The Bertz CT molecular complexity index is 528. The van der Waals surface area contributed by atoms with Gasteiger partial charge in [0.15, 0.2) is 0 Å². The zero-order valence-electron chi connectivity index (χ0n) is 8.87. The molecule has 1 aliphatic heterocycles. The van der Waals surface area contributed by atoms with Crippen LogP contribution in [0, 0.1) is 11.3 Å². The lowest BCUT2D eigenvalue weighted by Crippen LogP contribution is -2.28. The quantitative estimate of drug-likeness (QED) is 0.726. The van der Waals surface area contributed by atoms with E-state index in [1.165, 1.54) is 16.8 Å². The highest BCUT2D eigenvalue weighted by molar-refractivity contribution is 7.88. The summed E-state index contributed by atoms with van der Waals surface area (Å²) in [5.74, 6) is 0. The maximum Gasteiger partial charge on any atom is 0.211 e. The average Bonchev–Trinajstić information content (AvgIpc) is 2.85. The van der Waals surface area contributed by atoms with Gasteiger partial charge in [-0.3, -0.25) is 4.68 Å². The molecule has 1 fully saturated rings. The topological polar surface area (TPSA) is 79.0 Å². The Hall–Kier alpha value is -1.39. The van der Waals surface area contributed by atoms with Crippen LogP contribution >= 0.6 is 0 Å². The Balaban J connectivity index is 2.13. The average molecular weight is 240 g/mol. The van der Waals surface area contributed by atoms with Crippen LogP contribution in [0.3, 0.4) is 0 Å². The van der Waals surface area contributed by atoms with Crippen LogP contribution in [0.1, 0.15) is 18.0 Å². The molecule has 0 spiro atoms. The smallest absolute Gasteiger partial charge is 0.211 e. The summed E-state index contributed by atoms with van der Waals surface area (Å²) < 4.78 is 25.7. The highest BCUT2D eigenvalue weighted by atomic mass is 32.2. The van der Waals surface area contributed by atoms with Crippen molar-refractivity contribution in [3.05, 3.63) is 18.0 Å². The Morgan fingerprint density at radius 2 is 2.38 bits per heavy atom. The molecule has 0 N–H and O–H groups in total. The normalized spacial score (nSPS) is 22.1. The van der Waals surface area contributed by atoms with E-state index in [1.54, 1.807) is 10.9 Å². The molecule has 0 aliphatic carbocycles. The Kier molecular flexibility index (Phi) is 2.69. The third-order valence-electron chi connectivity index (χ3n) is 2.70. The van der Waals surface area contributed by atoms with Gasteiger partial charge in [-0.05, 0) is 6.42 Å². The summed E-state index contributed by atoms with van der Waals surface area (Å²) in [5.41, 5.74) is 0.498. The molecule has 1 unspecified atom stereocenters. The second kappa shape index (κ2) is 3.88. The molecule has 1 atom stereocenters. The van der Waals surface area contributed by atoms with Crippen LogP contribution in [0.25, 0.3) is 0 Å². The number of nitriles is 1. The summed E-state index contributed by atoms with van der Waals surface area (Å²) in [6.45, 7) is 0.955. The van der Waals surface area contributed by atoms with Crippen LogP contribution < -0.4 is 0 Å². The standard InChI is InChI=1S/C9H12N4O2S/c1-16(14,15)12-3-2-9(7-12)13-6-8(4-10)5-11-13/h5-6,9H,2-3,7H2,1H3. The molecule has 1 aromatic rings. The second-order valence-electron chi connectivity index (χ2n) is 3.88. The first-order valence-electron chi connectivity index (χ1n) is 4.90. The highest BCUT2D eigenvalue weighted by Crippen LogP contribution is 2.22. The summed E-state index contributed by atoms with van der Waals surface area (Å²) in [7, 11) is -3.12. The van der Waals surface area contributed by atoms with Crippen molar-refractivity contribution in [1.29, 1.82) is 5.26 Å². The number of rotatable bonds is 2. The second-order valence-corrected chi connectivity index (χ2v) is 5.87. The van der Waals surface area contributed by atoms with Crippen molar-refractivity contribution >= 4 is 10.0 Å². The van der Waals surface area contributed by atoms with Gasteiger partial charge in [-0.2, -0.15) is 14.7 Å². The van der Waals surface area contributed by atoms with Crippen molar-refractivity contribution in [2.24, 2.45) is 0 Å². The molecule has 7 heteroatoms. The molecule has 86 valence electrons. The molecule has 0 bridgehead atoms. The van der Waals surface area contributed by atoms with E-state index < -0.39 is 10.0 Å². The molecule has 2 heterocycles. The molecule has 0 saturated carbocycles. The van der Waals surface area contributed by atoms with Crippen LogP contribution in [0.4, 0.5) is 0 Å². The lowest BCUT2D eigenvalue weighted by Gasteiger charge is -2.13. The molecule has 2 rings (SSSR count). The van der Waals surface area contributed by atoms with E-state index in [4.69, 9.17) is 5.26 Å². The zero-order chi connectivity index (χ0) is 11.8. The van der Waals surface area contributed by atoms with E-state index in [1.807, 2.05) is 6.07 Å². The molecule has 16 heavy (non-hydrogen) atoms. The van der Waals surface area contributed by atoms with Gasteiger partial charge in [0.05, 0.1) is 24.1 Å².